The average Bonchev–Trinajstić information content (AvgIpc) is 3.25. The lowest BCUT2D eigenvalue weighted by Gasteiger charge is -2.33. The number of rotatable bonds is 5. The maximum Gasteiger partial charge on any atom is 0.251 e. The van der Waals surface area contributed by atoms with Crippen LogP contribution in [0.1, 0.15) is 23.2 Å². The van der Waals surface area contributed by atoms with Gasteiger partial charge >= 0.3 is 0 Å². The van der Waals surface area contributed by atoms with E-state index in [1.807, 2.05) is 24.3 Å². The molecule has 7 nitrogen and oxygen atoms in total. The van der Waals surface area contributed by atoms with Crippen LogP contribution in [0.4, 0.5) is 5.82 Å². The molecule has 1 unspecified atom stereocenters. The van der Waals surface area contributed by atoms with Crippen LogP contribution in [0.15, 0.2) is 54.9 Å². The van der Waals surface area contributed by atoms with E-state index in [9.17, 15) is 4.79 Å². The summed E-state index contributed by atoms with van der Waals surface area (Å²) in [6, 6.07) is 13.5. The second-order valence-electron chi connectivity index (χ2n) is 6.86. The molecular formula is C21H23N5O2. The van der Waals surface area contributed by atoms with E-state index in [0.29, 0.717) is 5.56 Å². The van der Waals surface area contributed by atoms with Crippen LogP contribution in [0, 0.1) is 0 Å². The van der Waals surface area contributed by atoms with Gasteiger partial charge in [-0.2, -0.15) is 5.10 Å². The summed E-state index contributed by atoms with van der Waals surface area (Å²) in [4.78, 5) is 18.6. The minimum Gasteiger partial charge on any atom is -0.497 e. The first-order valence-corrected chi connectivity index (χ1v) is 9.38. The lowest BCUT2D eigenvalue weighted by molar-refractivity contribution is 0.0933. The van der Waals surface area contributed by atoms with Gasteiger partial charge in [-0.1, -0.05) is 0 Å². The van der Waals surface area contributed by atoms with Gasteiger partial charge < -0.3 is 15.0 Å². The quantitative estimate of drug-likeness (QED) is 0.714. The third kappa shape index (κ3) is 3.98. The number of amides is 1. The fourth-order valence-electron chi connectivity index (χ4n) is 3.47. The summed E-state index contributed by atoms with van der Waals surface area (Å²) in [6.07, 6.45) is 5.23. The van der Waals surface area contributed by atoms with Crippen LogP contribution in [0.5, 0.6) is 5.75 Å². The molecular weight excluding hydrogens is 354 g/mol. The van der Waals surface area contributed by atoms with Crippen molar-refractivity contribution in [2.75, 3.05) is 25.1 Å². The number of hydrogen-bond acceptors (Lipinski definition) is 5. The molecule has 1 amide bonds. The zero-order valence-corrected chi connectivity index (χ0v) is 15.8. The number of nitrogens with one attached hydrogen (secondary N) is 2. The fraction of sp³-hybridized carbons (Fsp3) is 0.286. The van der Waals surface area contributed by atoms with E-state index in [2.05, 4.69) is 31.5 Å². The standard InChI is InChI=1S/C21H23N5O2/c1-28-18-6-4-15(5-7-18)19-13-20(25-24-19)26-12-2-3-17(14-26)23-21(27)16-8-10-22-11-9-16/h4-11,13,17H,2-3,12,14H2,1H3,(H,23,27)(H,24,25). The van der Waals surface area contributed by atoms with Crippen molar-refractivity contribution in [3.8, 4) is 17.0 Å². The third-order valence-electron chi connectivity index (χ3n) is 4.99. The summed E-state index contributed by atoms with van der Waals surface area (Å²) in [7, 11) is 1.66. The Balaban J connectivity index is 1.42. The number of benzene rings is 1. The van der Waals surface area contributed by atoms with E-state index < -0.39 is 0 Å². The first kappa shape index (κ1) is 18.0. The molecule has 0 aliphatic carbocycles. The Bertz CT molecular complexity index is 923. The topological polar surface area (TPSA) is 83.1 Å². The molecule has 3 heterocycles. The van der Waals surface area contributed by atoms with Gasteiger partial charge in [0, 0.05) is 43.2 Å². The Morgan fingerprint density at radius 2 is 2.00 bits per heavy atom. The summed E-state index contributed by atoms with van der Waals surface area (Å²) in [5.41, 5.74) is 2.65. The zero-order valence-electron chi connectivity index (χ0n) is 15.8. The second-order valence-corrected chi connectivity index (χ2v) is 6.86. The van der Waals surface area contributed by atoms with Crippen LogP contribution < -0.4 is 15.0 Å². The molecule has 1 atom stereocenters. The van der Waals surface area contributed by atoms with Gasteiger partial charge in [0.05, 0.1) is 12.8 Å². The van der Waals surface area contributed by atoms with Crippen molar-refractivity contribution in [1.29, 1.82) is 0 Å². The molecule has 2 aromatic heterocycles. The van der Waals surface area contributed by atoms with E-state index >= 15 is 0 Å². The number of pyridine rings is 1. The Morgan fingerprint density at radius 3 is 2.75 bits per heavy atom. The van der Waals surface area contributed by atoms with Crippen LogP contribution >= 0.6 is 0 Å². The largest absolute Gasteiger partial charge is 0.497 e. The third-order valence-corrected chi connectivity index (χ3v) is 4.99. The summed E-state index contributed by atoms with van der Waals surface area (Å²) >= 11 is 0. The summed E-state index contributed by atoms with van der Waals surface area (Å²) in [6.45, 7) is 1.66. The van der Waals surface area contributed by atoms with Gasteiger partial charge in [0.15, 0.2) is 5.82 Å². The highest BCUT2D eigenvalue weighted by Gasteiger charge is 2.23. The summed E-state index contributed by atoms with van der Waals surface area (Å²) < 4.78 is 5.21. The van der Waals surface area contributed by atoms with Crippen LogP contribution in [0.2, 0.25) is 0 Å². The Morgan fingerprint density at radius 1 is 1.21 bits per heavy atom. The van der Waals surface area contributed by atoms with Crippen LogP contribution in [0.3, 0.4) is 0 Å². The number of piperidine rings is 1. The second kappa shape index (κ2) is 8.12. The predicted octanol–water partition coefficient (Wildman–Crippen LogP) is 2.88. The molecule has 0 spiro atoms. The van der Waals surface area contributed by atoms with Gasteiger partial charge in [-0.15, -0.1) is 0 Å². The number of nitrogens with zero attached hydrogens (tertiary/aromatic N) is 3. The SMILES string of the molecule is COc1ccc(-c2cc(N3CCCC(NC(=O)c4ccncc4)C3)n[nH]2)cc1. The Hall–Kier alpha value is -3.35. The predicted molar refractivity (Wildman–Crippen MR) is 108 cm³/mol. The Kier molecular flexibility index (Phi) is 5.23. The molecule has 144 valence electrons. The lowest BCUT2D eigenvalue weighted by atomic mass is 10.0. The summed E-state index contributed by atoms with van der Waals surface area (Å²) in [5, 5.41) is 10.7. The highest BCUT2D eigenvalue weighted by molar-refractivity contribution is 5.94. The molecule has 0 bridgehead atoms. The van der Waals surface area contributed by atoms with Gasteiger partial charge in [-0.05, 0) is 54.8 Å². The van der Waals surface area contributed by atoms with Gasteiger partial charge in [0.2, 0.25) is 0 Å². The van der Waals surface area contributed by atoms with Crippen LogP contribution in [0.25, 0.3) is 11.3 Å². The van der Waals surface area contributed by atoms with Crippen LogP contribution in [-0.4, -0.2) is 47.3 Å². The highest BCUT2D eigenvalue weighted by atomic mass is 16.5. The molecule has 1 fully saturated rings. The molecule has 2 N–H and O–H groups in total. The smallest absolute Gasteiger partial charge is 0.251 e. The zero-order chi connectivity index (χ0) is 19.3. The molecule has 3 aromatic rings. The van der Waals surface area contributed by atoms with Crippen molar-refractivity contribution in [1.82, 2.24) is 20.5 Å². The molecule has 0 saturated carbocycles. The van der Waals surface area contributed by atoms with E-state index in [1.54, 1.807) is 31.6 Å². The van der Waals surface area contributed by atoms with Gasteiger partial charge in [-0.25, -0.2) is 0 Å². The molecule has 1 aromatic carbocycles. The van der Waals surface area contributed by atoms with E-state index in [1.165, 1.54) is 0 Å². The number of anilines is 1. The number of methoxy groups -OCH3 is 1. The van der Waals surface area contributed by atoms with Crippen molar-refractivity contribution >= 4 is 11.7 Å². The summed E-state index contributed by atoms with van der Waals surface area (Å²) in [5.74, 6) is 1.66. The van der Waals surface area contributed by atoms with Gasteiger partial charge in [0.25, 0.3) is 5.91 Å². The van der Waals surface area contributed by atoms with Crippen molar-refractivity contribution in [3.63, 3.8) is 0 Å². The number of H-pyrrole nitrogens is 1. The molecule has 0 radical (unpaired) electrons. The molecule has 1 aliphatic heterocycles. The lowest BCUT2D eigenvalue weighted by Crippen LogP contribution is -2.48. The number of aromatic amines is 1. The molecule has 28 heavy (non-hydrogen) atoms. The average molecular weight is 377 g/mol. The first-order valence-electron chi connectivity index (χ1n) is 9.38. The van der Waals surface area contributed by atoms with Crippen molar-refractivity contribution in [3.05, 3.63) is 60.4 Å². The first-order chi connectivity index (χ1) is 13.7. The minimum atomic E-state index is -0.0600. The van der Waals surface area contributed by atoms with Gasteiger partial charge in [-0.3, -0.25) is 14.9 Å². The number of carbonyl (C=O) groups is 1. The minimum absolute atomic E-state index is 0.0600. The fourth-order valence-corrected chi connectivity index (χ4v) is 3.47. The van der Waals surface area contributed by atoms with Crippen LogP contribution in [-0.2, 0) is 0 Å². The molecule has 1 saturated heterocycles. The Labute approximate surface area is 163 Å². The normalized spacial score (nSPS) is 16.6. The molecule has 7 heteroatoms. The monoisotopic (exact) mass is 377 g/mol. The van der Waals surface area contributed by atoms with Crippen molar-refractivity contribution in [2.24, 2.45) is 0 Å². The molecule has 4 rings (SSSR count). The molecule has 1 aliphatic rings. The number of aromatic nitrogens is 3. The number of carbonyl (C=O) groups excluding carboxylic acids is 1. The van der Waals surface area contributed by atoms with Crippen molar-refractivity contribution < 1.29 is 9.53 Å². The number of hydrogen-bond donors (Lipinski definition) is 2. The maximum atomic E-state index is 12.4. The maximum absolute atomic E-state index is 12.4. The number of ether oxygens (including phenoxy) is 1. The van der Waals surface area contributed by atoms with Crippen molar-refractivity contribution in [2.45, 2.75) is 18.9 Å². The van der Waals surface area contributed by atoms with E-state index in [0.717, 1.165) is 48.8 Å². The highest BCUT2D eigenvalue weighted by Crippen LogP contribution is 2.25. The van der Waals surface area contributed by atoms with E-state index in [-0.39, 0.29) is 11.9 Å². The van der Waals surface area contributed by atoms with Gasteiger partial charge in [0.1, 0.15) is 5.75 Å². The van der Waals surface area contributed by atoms with E-state index in [4.69, 9.17) is 4.74 Å².